The van der Waals surface area contributed by atoms with Gasteiger partial charge in [-0.25, -0.2) is 0 Å². The van der Waals surface area contributed by atoms with Gasteiger partial charge in [-0.15, -0.1) is 0 Å². The van der Waals surface area contributed by atoms with Crippen molar-refractivity contribution in [2.75, 3.05) is 44.5 Å². The molecule has 0 atom stereocenters. The number of likely N-dealkylation sites (tertiary alicyclic amines) is 1. The zero-order chi connectivity index (χ0) is 18.0. The molecule has 2 aromatic rings. The fraction of sp³-hybridized carbons (Fsp3) is 0.429. The van der Waals surface area contributed by atoms with Gasteiger partial charge in [0.25, 0.3) is 0 Å². The van der Waals surface area contributed by atoms with Gasteiger partial charge >= 0.3 is 0 Å². The lowest BCUT2D eigenvalue weighted by atomic mass is 9.85. The summed E-state index contributed by atoms with van der Waals surface area (Å²) >= 11 is 0. The van der Waals surface area contributed by atoms with Crippen LogP contribution in [0.1, 0.15) is 18.4 Å². The lowest BCUT2D eigenvalue weighted by Crippen LogP contribution is -2.54. The Balaban J connectivity index is 1.44. The highest BCUT2D eigenvalue weighted by atomic mass is 16.5. The number of hydrogen-bond donors (Lipinski definition) is 2. The van der Waals surface area contributed by atoms with Crippen molar-refractivity contribution in [1.29, 1.82) is 0 Å². The molecule has 2 heterocycles. The van der Waals surface area contributed by atoms with Gasteiger partial charge in [0.05, 0.1) is 31.1 Å². The van der Waals surface area contributed by atoms with Crippen molar-refractivity contribution in [1.82, 2.24) is 4.90 Å². The molecule has 2 N–H and O–H groups in total. The Labute approximate surface area is 155 Å². The summed E-state index contributed by atoms with van der Waals surface area (Å²) in [6, 6.07) is 14.8. The Morgan fingerprint density at radius 1 is 0.962 bits per heavy atom. The molecule has 0 aliphatic carbocycles. The van der Waals surface area contributed by atoms with Crippen LogP contribution in [0.3, 0.4) is 0 Å². The van der Waals surface area contributed by atoms with E-state index < -0.39 is 0 Å². The maximum atomic E-state index is 5.46. The van der Waals surface area contributed by atoms with E-state index in [4.69, 9.17) is 9.47 Å². The number of hydrogen-bond acceptors (Lipinski definition) is 5. The molecule has 0 aromatic heterocycles. The van der Waals surface area contributed by atoms with Gasteiger partial charge in [0.2, 0.25) is 0 Å². The molecule has 26 heavy (non-hydrogen) atoms. The van der Waals surface area contributed by atoms with Crippen molar-refractivity contribution in [2.24, 2.45) is 0 Å². The maximum Gasteiger partial charge on any atom is 0.162 e. The van der Waals surface area contributed by atoms with Gasteiger partial charge in [-0.3, -0.25) is 4.90 Å². The van der Waals surface area contributed by atoms with Crippen molar-refractivity contribution in [3.8, 4) is 11.5 Å². The topological polar surface area (TPSA) is 45.8 Å². The van der Waals surface area contributed by atoms with E-state index in [1.54, 1.807) is 14.2 Å². The Morgan fingerprint density at radius 3 is 2.27 bits per heavy atom. The summed E-state index contributed by atoms with van der Waals surface area (Å²) in [4.78, 5) is 2.55. The summed E-state index contributed by atoms with van der Waals surface area (Å²) in [6.45, 7) is 4.18. The van der Waals surface area contributed by atoms with Crippen molar-refractivity contribution < 1.29 is 9.47 Å². The van der Waals surface area contributed by atoms with Crippen LogP contribution >= 0.6 is 0 Å². The Morgan fingerprint density at radius 2 is 1.62 bits per heavy atom. The minimum atomic E-state index is 0.111. The molecule has 1 fully saturated rings. The molecule has 0 unspecified atom stereocenters. The summed E-state index contributed by atoms with van der Waals surface area (Å²) in [5.41, 5.74) is 3.69. The number of nitrogens with zero attached hydrogens (tertiary/aromatic N) is 1. The van der Waals surface area contributed by atoms with Gasteiger partial charge in [0.15, 0.2) is 11.5 Å². The van der Waals surface area contributed by atoms with Crippen LogP contribution in [-0.4, -0.2) is 44.3 Å². The second kappa shape index (κ2) is 7.08. The number of methoxy groups -OCH3 is 2. The summed E-state index contributed by atoms with van der Waals surface area (Å²) < 4.78 is 10.9. The van der Waals surface area contributed by atoms with Gasteiger partial charge in [0, 0.05) is 38.3 Å². The van der Waals surface area contributed by atoms with Gasteiger partial charge < -0.3 is 20.1 Å². The summed E-state index contributed by atoms with van der Waals surface area (Å²) in [6.07, 6.45) is 2.25. The van der Waals surface area contributed by atoms with E-state index in [-0.39, 0.29) is 5.54 Å². The number of nitrogens with one attached hydrogen (secondary N) is 2. The minimum absolute atomic E-state index is 0.111. The highest BCUT2D eigenvalue weighted by Crippen LogP contribution is 2.42. The molecule has 0 bridgehead atoms. The van der Waals surface area contributed by atoms with E-state index in [0.29, 0.717) is 0 Å². The molecule has 138 valence electrons. The molecule has 5 heteroatoms. The quantitative estimate of drug-likeness (QED) is 0.880. The molecule has 2 aliphatic heterocycles. The third-order valence-electron chi connectivity index (χ3n) is 5.60. The van der Waals surface area contributed by atoms with Crippen LogP contribution in [-0.2, 0) is 6.54 Å². The summed E-state index contributed by atoms with van der Waals surface area (Å²) in [7, 11) is 3.35. The maximum absolute atomic E-state index is 5.46. The first-order chi connectivity index (χ1) is 12.7. The number of anilines is 2. The molecular formula is C21H27N3O2. The average Bonchev–Trinajstić information content (AvgIpc) is 2.69. The highest BCUT2D eigenvalue weighted by molar-refractivity contribution is 5.77. The van der Waals surface area contributed by atoms with E-state index >= 15 is 0 Å². The van der Waals surface area contributed by atoms with Crippen LogP contribution in [0.5, 0.6) is 11.5 Å². The largest absolute Gasteiger partial charge is 0.493 e. The first-order valence-electron chi connectivity index (χ1n) is 9.26. The van der Waals surface area contributed by atoms with E-state index in [9.17, 15) is 0 Å². The lowest BCUT2D eigenvalue weighted by Gasteiger charge is -2.46. The zero-order valence-corrected chi connectivity index (χ0v) is 15.5. The van der Waals surface area contributed by atoms with E-state index in [1.807, 2.05) is 12.1 Å². The van der Waals surface area contributed by atoms with Crippen molar-refractivity contribution in [3.05, 3.63) is 48.0 Å². The highest BCUT2D eigenvalue weighted by Gasteiger charge is 2.37. The summed E-state index contributed by atoms with van der Waals surface area (Å²) in [5, 5.41) is 7.40. The van der Waals surface area contributed by atoms with Crippen LogP contribution in [0.4, 0.5) is 11.4 Å². The van der Waals surface area contributed by atoms with Crippen LogP contribution in [0, 0.1) is 0 Å². The average molecular weight is 353 g/mol. The minimum Gasteiger partial charge on any atom is -0.493 e. The predicted molar refractivity (Wildman–Crippen MR) is 105 cm³/mol. The van der Waals surface area contributed by atoms with E-state index in [1.165, 1.54) is 5.56 Å². The van der Waals surface area contributed by atoms with E-state index in [2.05, 4.69) is 45.9 Å². The Hall–Kier alpha value is -2.40. The van der Waals surface area contributed by atoms with Gasteiger partial charge in [-0.1, -0.05) is 30.3 Å². The van der Waals surface area contributed by atoms with Gasteiger partial charge in [0.1, 0.15) is 0 Å². The third-order valence-corrected chi connectivity index (χ3v) is 5.60. The van der Waals surface area contributed by atoms with Crippen LogP contribution in [0.15, 0.2) is 42.5 Å². The van der Waals surface area contributed by atoms with Crippen molar-refractivity contribution in [3.63, 3.8) is 0 Å². The smallest absolute Gasteiger partial charge is 0.162 e. The Kier molecular flexibility index (Phi) is 4.64. The SMILES string of the molecule is COc1cc2c(cc1OC)NC1(CCN(Cc3ccccc3)CC1)CN2. The second-order valence-electron chi connectivity index (χ2n) is 7.27. The fourth-order valence-electron chi connectivity index (χ4n) is 4.01. The van der Waals surface area contributed by atoms with Crippen LogP contribution < -0.4 is 20.1 Å². The molecule has 5 nitrogen and oxygen atoms in total. The van der Waals surface area contributed by atoms with Gasteiger partial charge in [-0.05, 0) is 18.4 Å². The molecule has 1 spiro atoms. The molecule has 1 saturated heterocycles. The number of fused-ring (bicyclic) bond motifs is 1. The molecule has 2 aromatic carbocycles. The molecule has 0 amide bonds. The summed E-state index contributed by atoms with van der Waals surface area (Å²) in [5.74, 6) is 1.52. The molecular weight excluding hydrogens is 326 g/mol. The van der Waals surface area contributed by atoms with E-state index in [0.717, 1.165) is 61.9 Å². The third kappa shape index (κ3) is 3.31. The fourth-order valence-corrected chi connectivity index (χ4v) is 4.01. The molecule has 2 aliphatic rings. The van der Waals surface area contributed by atoms with Crippen LogP contribution in [0.25, 0.3) is 0 Å². The number of benzene rings is 2. The normalized spacial score (nSPS) is 18.5. The predicted octanol–water partition coefficient (Wildman–Crippen LogP) is 3.58. The first kappa shape index (κ1) is 17.0. The standard InChI is InChI=1S/C21H27N3O2/c1-25-19-12-17-18(13-20(19)26-2)23-21(15-22-17)8-10-24(11-9-21)14-16-6-4-3-5-7-16/h3-7,12-13,22-23H,8-11,14-15H2,1-2H3. The van der Waals surface area contributed by atoms with Gasteiger partial charge in [-0.2, -0.15) is 0 Å². The van der Waals surface area contributed by atoms with Crippen LogP contribution in [0.2, 0.25) is 0 Å². The number of rotatable bonds is 4. The lowest BCUT2D eigenvalue weighted by molar-refractivity contribution is 0.171. The molecule has 4 rings (SSSR count). The number of piperidine rings is 1. The number of ether oxygens (including phenoxy) is 2. The molecule has 0 radical (unpaired) electrons. The first-order valence-corrected chi connectivity index (χ1v) is 9.26. The Bertz CT molecular complexity index is 755. The van der Waals surface area contributed by atoms with Crippen molar-refractivity contribution >= 4 is 11.4 Å². The zero-order valence-electron chi connectivity index (χ0n) is 15.5. The second-order valence-corrected chi connectivity index (χ2v) is 7.27. The van der Waals surface area contributed by atoms with Crippen molar-refractivity contribution in [2.45, 2.75) is 24.9 Å². The molecule has 0 saturated carbocycles. The monoisotopic (exact) mass is 353 g/mol.